The smallest absolute Gasteiger partial charge is 0.270 e. The van der Waals surface area contributed by atoms with Crippen LogP contribution in [0.2, 0.25) is 5.02 Å². The van der Waals surface area contributed by atoms with Gasteiger partial charge in [-0.25, -0.2) is 0 Å². The highest BCUT2D eigenvalue weighted by Crippen LogP contribution is 2.22. The molecule has 0 aliphatic rings. The van der Waals surface area contributed by atoms with Gasteiger partial charge in [0.2, 0.25) is 0 Å². The lowest BCUT2D eigenvalue weighted by Crippen LogP contribution is -2.34. The molecule has 2 N–H and O–H groups in total. The van der Waals surface area contributed by atoms with Crippen LogP contribution < -0.4 is 15.7 Å². The van der Waals surface area contributed by atoms with Crippen LogP contribution in [0.3, 0.4) is 0 Å². The Morgan fingerprint density at radius 3 is 2.46 bits per heavy atom. The van der Waals surface area contributed by atoms with Crippen LogP contribution in [0.4, 0.5) is 11.4 Å². The van der Waals surface area contributed by atoms with Crippen molar-refractivity contribution in [3.63, 3.8) is 0 Å². The summed E-state index contributed by atoms with van der Waals surface area (Å²) in [6.07, 6.45) is 0. The summed E-state index contributed by atoms with van der Waals surface area (Å²) in [5.74, 6) is -2.02. The summed E-state index contributed by atoms with van der Waals surface area (Å²) in [7, 11) is 0. The van der Waals surface area contributed by atoms with E-state index in [0.717, 1.165) is 12.1 Å². The summed E-state index contributed by atoms with van der Waals surface area (Å²) >= 11 is 10.9. The van der Waals surface area contributed by atoms with Crippen LogP contribution in [0.5, 0.6) is 0 Å². The number of carboxylic acids is 1. The molecule has 0 atom stereocenters. The highest BCUT2D eigenvalue weighted by Gasteiger charge is 2.16. The summed E-state index contributed by atoms with van der Waals surface area (Å²) in [4.78, 5) is 33.2. The molecule has 0 fully saturated rings. The van der Waals surface area contributed by atoms with Gasteiger partial charge in [0.25, 0.3) is 11.6 Å². The first-order valence-electron chi connectivity index (χ1n) is 7.07. The van der Waals surface area contributed by atoms with Crippen LogP contribution in [0, 0.1) is 17.0 Å². The van der Waals surface area contributed by atoms with Crippen molar-refractivity contribution < 1.29 is 19.6 Å². The molecule has 0 aliphatic heterocycles. The predicted octanol–water partition coefficient (Wildman–Crippen LogP) is 2.05. The van der Waals surface area contributed by atoms with E-state index in [1.807, 2.05) is 0 Å². The number of thiocarbonyl (C=S) groups is 1. The number of non-ortho nitro benzene ring substituents is 1. The molecule has 8 nitrogen and oxygen atoms in total. The number of hydrogen-bond donors (Lipinski definition) is 2. The number of nitro groups is 1. The molecular weight excluding hydrogens is 382 g/mol. The second-order valence-electron chi connectivity index (χ2n) is 5.15. The summed E-state index contributed by atoms with van der Waals surface area (Å²) in [6.45, 7) is 1.72. The number of carboxylic acid groups (broad SMARTS) is 1. The fraction of sp³-hybridized carbons (Fsp3) is 0.0625. The molecule has 0 heterocycles. The number of aromatic carboxylic acids is 1. The second-order valence-corrected chi connectivity index (χ2v) is 5.96. The van der Waals surface area contributed by atoms with E-state index >= 15 is 0 Å². The number of benzene rings is 2. The van der Waals surface area contributed by atoms with Crippen molar-refractivity contribution >= 4 is 52.2 Å². The number of halogens is 1. The number of carbonyl (C=O) groups excluding carboxylic acids is 2. The molecule has 0 radical (unpaired) electrons. The SMILES string of the molecule is Cc1ccc(C(=O)[O-])cc1NC(=S)NC(=O)c1ccc([N+](=O)[O-])cc1Cl. The molecule has 26 heavy (non-hydrogen) atoms. The standard InChI is InChI=1S/C16H12ClN3O5S/c1-8-2-3-9(15(22)23)6-13(8)18-16(26)19-14(21)11-5-4-10(20(24)25)7-12(11)17/h2-7H,1H3,(H,22,23)(H2,18,19,21,26)/p-1. The fourth-order valence-corrected chi connectivity index (χ4v) is 2.47. The molecule has 10 heteroatoms. The van der Waals surface area contributed by atoms with Gasteiger partial charge in [-0.3, -0.25) is 20.2 Å². The van der Waals surface area contributed by atoms with Gasteiger partial charge in [0, 0.05) is 17.8 Å². The predicted molar refractivity (Wildman–Crippen MR) is 97.3 cm³/mol. The monoisotopic (exact) mass is 392 g/mol. The molecule has 134 valence electrons. The minimum Gasteiger partial charge on any atom is -0.545 e. The van der Waals surface area contributed by atoms with E-state index in [4.69, 9.17) is 23.8 Å². The number of hydrogen-bond acceptors (Lipinski definition) is 6. The van der Waals surface area contributed by atoms with Gasteiger partial charge in [0.1, 0.15) is 0 Å². The summed E-state index contributed by atoms with van der Waals surface area (Å²) < 4.78 is 0. The second kappa shape index (κ2) is 7.89. The first kappa shape index (κ1) is 19.3. The van der Waals surface area contributed by atoms with Gasteiger partial charge in [-0.2, -0.15) is 0 Å². The average molecular weight is 393 g/mol. The number of anilines is 1. The quantitative estimate of drug-likeness (QED) is 0.463. The van der Waals surface area contributed by atoms with E-state index in [9.17, 15) is 24.8 Å². The van der Waals surface area contributed by atoms with Crippen molar-refractivity contribution in [3.8, 4) is 0 Å². The highest BCUT2D eigenvalue weighted by molar-refractivity contribution is 7.80. The minimum absolute atomic E-state index is 0.00150. The van der Waals surface area contributed by atoms with Crippen molar-refractivity contribution in [1.29, 1.82) is 0 Å². The van der Waals surface area contributed by atoms with Crippen molar-refractivity contribution in [2.75, 3.05) is 5.32 Å². The van der Waals surface area contributed by atoms with Gasteiger partial charge in [0.15, 0.2) is 5.11 Å². The summed E-state index contributed by atoms with van der Waals surface area (Å²) in [5, 5.41) is 26.5. The van der Waals surface area contributed by atoms with Crippen LogP contribution in [-0.2, 0) is 0 Å². The van der Waals surface area contributed by atoms with Crippen LogP contribution in [0.25, 0.3) is 0 Å². The van der Waals surface area contributed by atoms with Crippen molar-refractivity contribution in [2.24, 2.45) is 0 Å². The molecular formula is C16H11ClN3O5S-. The average Bonchev–Trinajstić information content (AvgIpc) is 2.56. The molecule has 2 aromatic carbocycles. The molecule has 1 amide bonds. The maximum absolute atomic E-state index is 12.2. The Hall–Kier alpha value is -3.04. The Bertz CT molecular complexity index is 932. The van der Waals surface area contributed by atoms with Crippen molar-refractivity contribution in [3.05, 3.63) is 68.2 Å². The van der Waals surface area contributed by atoms with Gasteiger partial charge in [0.05, 0.1) is 21.5 Å². The lowest BCUT2D eigenvalue weighted by atomic mass is 10.1. The maximum Gasteiger partial charge on any atom is 0.270 e. The fourth-order valence-electron chi connectivity index (χ4n) is 2.01. The lowest BCUT2D eigenvalue weighted by Gasteiger charge is -2.14. The van der Waals surface area contributed by atoms with E-state index in [2.05, 4.69) is 10.6 Å². The topological polar surface area (TPSA) is 124 Å². The normalized spacial score (nSPS) is 10.1. The van der Waals surface area contributed by atoms with Crippen LogP contribution >= 0.6 is 23.8 Å². The number of nitro benzene ring substituents is 1. The van der Waals surface area contributed by atoms with E-state index in [1.54, 1.807) is 13.0 Å². The number of nitrogens with one attached hydrogen (secondary N) is 2. The molecule has 0 saturated heterocycles. The molecule has 0 aromatic heterocycles. The first-order valence-corrected chi connectivity index (χ1v) is 7.86. The number of amides is 1. The molecule has 0 saturated carbocycles. The Balaban J connectivity index is 2.13. The van der Waals surface area contributed by atoms with Crippen LogP contribution in [0.15, 0.2) is 36.4 Å². The lowest BCUT2D eigenvalue weighted by molar-refractivity contribution is -0.384. The van der Waals surface area contributed by atoms with Gasteiger partial charge in [-0.15, -0.1) is 0 Å². The zero-order valence-electron chi connectivity index (χ0n) is 13.2. The number of aryl methyl sites for hydroxylation is 1. The summed E-state index contributed by atoms with van der Waals surface area (Å²) in [6, 6.07) is 7.67. The third-order valence-electron chi connectivity index (χ3n) is 3.36. The van der Waals surface area contributed by atoms with E-state index in [-0.39, 0.29) is 26.9 Å². The van der Waals surface area contributed by atoms with Gasteiger partial charge >= 0.3 is 0 Å². The Labute approximate surface area is 157 Å². The minimum atomic E-state index is -1.35. The first-order chi connectivity index (χ1) is 12.2. The van der Waals surface area contributed by atoms with Crippen LogP contribution in [0.1, 0.15) is 26.3 Å². The largest absolute Gasteiger partial charge is 0.545 e. The molecule has 0 bridgehead atoms. The number of carbonyl (C=O) groups is 2. The Morgan fingerprint density at radius 1 is 1.19 bits per heavy atom. The molecule has 0 aliphatic carbocycles. The molecule has 2 rings (SSSR count). The zero-order valence-corrected chi connectivity index (χ0v) is 14.8. The molecule has 2 aromatic rings. The number of rotatable bonds is 4. The van der Waals surface area contributed by atoms with E-state index < -0.39 is 16.8 Å². The number of nitrogens with zero attached hydrogens (tertiary/aromatic N) is 1. The Morgan fingerprint density at radius 2 is 1.88 bits per heavy atom. The maximum atomic E-state index is 12.2. The van der Waals surface area contributed by atoms with Crippen molar-refractivity contribution in [1.82, 2.24) is 5.32 Å². The molecule has 0 spiro atoms. The van der Waals surface area contributed by atoms with E-state index in [1.165, 1.54) is 18.2 Å². The molecule has 0 unspecified atom stereocenters. The third-order valence-corrected chi connectivity index (χ3v) is 3.87. The highest BCUT2D eigenvalue weighted by atomic mass is 35.5. The third kappa shape index (κ3) is 4.52. The van der Waals surface area contributed by atoms with Gasteiger partial charge in [-0.05, 0) is 42.4 Å². The Kier molecular flexibility index (Phi) is 5.86. The van der Waals surface area contributed by atoms with Gasteiger partial charge < -0.3 is 15.2 Å². The van der Waals surface area contributed by atoms with Gasteiger partial charge in [-0.1, -0.05) is 23.7 Å². The summed E-state index contributed by atoms with van der Waals surface area (Å²) in [5.41, 5.74) is 0.779. The van der Waals surface area contributed by atoms with Crippen LogP contribution in [-0.4, -0.2) is 21.9 Å². The van der Waals surface area contributed by atoms with Crippen molar-refractivity contribution in [2.45, 2.75) is 6.92 Å². The van der Waals surface area contributed by atoms with E-state index in [0.29, 0.717) is 11.3 Å². The zero-order chi connectivity index (χ0) is 19.4.